The minimum atomic E-state index is -4.38. The van der Waals surface area contributed by atoms with Crippen LogP contribution in [0.15, 0.2) is 10.7 Å². The van der Waals surface area contributed by atoms with Crippen LogP contribution < -0.4 is 4.74 Å². The summed E-state index contributed by atoms with van der Waals surface area (Å²) in [7, 11) is 0. The summed E-state index contributed by atoms with van der Waals surface area (Å²) >= 11 is 2.60. The molecule has 0 spiro atoms. The molecule has 0 aromatic carbocycles. The molecule has 2 rings (SSSR count). The average molecular weight is 281 g/mol. The van der Waals surface area contributed by atoms with Crippen molar-refractivity contribution < 1.29 is 17.9 Å². The quantitative estimate of drug-likeness (QED) is 0.810. The number of thioether (sulfide) groups is 1. The fraction of sp³-hybridized carbons (Fsp3) is 0.375. The summed E-state index contributed by atoms with van der Waals surface area (Å²) < 4.78 is 41.8. The molecule has 0 atom stereocenters. The first-order valence-corrected chi connectivity index (χ1v) is 6.39. The molecule has 2 heterocycles. The van der Waals surface area contributed by atoms with Crippen molar-refractivity contribution in [2.75, 3.05) is 12.9 Å². The van der Waals surface area contributed by atoms with Crippen LogP contribution in [0.4, 0.5) is 13.2 Å². The molecule has 0 aliphatic carbocycles. The number of hydrogen-bond donors (Lipinski definition) is 0. The highest BCUT2D eigenvalue weighted by atomic mass is 32.2. The SMILES string of the molecule is CSc1nc2ncnc(OCC(F)(F)F)c2s1. The molecule has 0 aliphatic rings. The number of halogens is 3. The van der Waals surface area contributed by atoms with E-state index in [1.54, 1.807) is 0 Å². The lowest BCUT2D eigenvalue weighted by Gasteiger charge is -2.07. The molecule has 0 radical (unpaired) electrons. The average Bonchev–Trinajstić information content (AvgIpc) is 2.68. The Morgan fingerprint density at radius 2 is 2.18 bits per heavy atom. The number of fused-ring (bicyclic) bond motifs is 1. The molecule has 92 valence electrons. The first-order valence-electron chi connectivity index (χ1n) is 4.34. The Morgan fingerprint density at radius 3 is 2.82 bits per heavy atom. The van der Waals surface area contributed by atoms with E-state index in [-0.39, 0.29) is 5.88 Å². The predicted octanol–water partition coefficient (Wildman–Crippen LogP) is 2.75. The van der Waals surface area contributed by atoms with Crippen molar-refractivity contribution in [3.63, 3.8) is 0 Å². The summed E-state index contributed by atoms with van der Waals surface area (Å²) in [6, 6.07) is 0. The third-order valence-electron chi connectivity index (χ3n) is 1.69. The van der Waals surface area contributed by atoms with Gasteiger partial charge < -0.3 is 4.74 Å². The van der Waals surface area contributed by atoms with Gasteiger partial charge in [-0.05, 0) is 6.26 Å². The van der Waals surface area contributed by atoms with Gasteiger partial charge in [0.2, 0.25) is 5.88 Å². The van der Waals surface area contributed by atoms with Crippen LogP contribution in [-0.2, 0) is 0 Å². The number of hydrogen-bond acceptors (Lipinski definition) is 6. The molecular formula is C8H6F3N3OS2. The molecular weight excluding hydrogens is 275 g/mol. The van der Waals surface area contributed by atoms with Crippen LogP contribution >= 0.6 is 23.1 Å². The van der Waals surface area contributed by atoms with Gasteiger partial charge in [-0.2, -0.15) is 13.2 Å². The highest BCUT2D eigenvalue weighted by molar-refractivity contribution is 8.00. The van der Waals surface area contributed by atoms with Gasteiger partial charge in [-0.25, -0.2) is 15.0 Å². The van der Waals surface area contributed by atoms with Gasteiger partial charge in [-0.1, -0.05) is 11.8 Å². The highest BCUT2D eigenvalue weighted by Gasteiger charge is 2.29. The second-order valence-corrected chi connectivity index (χ2v) is 4.97. The molecule has 0 amide bonds. The Bertz CT molecular complexity index is 528. The maximum atomic E-state index is 12.0. The van der Waals surface area contributed by atoms with Crippen LogP contribution in [0, 0.1) is 0 Å². The monoisotopic (exact) mass is 281 g/mol. The second-order valence-electron chi connectivity index (χ2n) is 2.92. The number of aromatic nitrogens is 3. The molecule has 0 saturated carbocycles. The number of rotatable bonds is 3. The zero-order valence-electron chi connectivity index (χ0n) is 8.48. The minimum Gasteiger partial charge on any atom is -0.467 e. The van der Waals surface area contributed by atoms with Crippen molar-refractivity contribution in [2.45, 2.75) is 10.5 Å². The van der Waals surface area contributed by atoms with Gasteiger partial charge in [0.15, 0.2) is 16.6 Å². The van der Waals surface area contributed by atoms with Crippen molar-refractivity contribution in [1.29, 1.82) is 0 Å². The van der Waals surface area contributed by atoms with Crippen LogP contribution in [0.25, 0.3) is 10.3 Å². The lowest BCUT2D eigenvalue weighted by molar-refractivity contribution is -0.153. The summed E-state index contributed by atoms with van der Waals surface area (Å²) in [4.78, 5) is 11.7. The Hall–Kier alpha value is -1.09. The summed E-state index contributed by atoms with van der Waals surface area (Å²) in [6.45, 7) is -1.37. The molecule has 4 nitrogen and oxygen atoms in total. The van der Waals surface area contributed by atoms with Gasteiger partial charge in [-0.3, -0.25) is 0 Å². The van der Waals surface area contributed by atoms with E-state index < -0.39 is 12.8 Å². The van der Waals surface area contributed by atoms with E-state index in [0.29, 0.717) is 14.7 Å². The first-order chi connectivity index (χ1) is 7.99. The van der Waals surface area contributed by atoms with E-state index in [1.807, 2.05) is 6.26 Å². The standard InChI is InChI=1S/C8H6F3N3OS2/c1-16-7-14-5-4(17-7)6(13-3-12-5)15-2-8(9,10)11/h3H,2H2,1H3. The molecule has 0 N–H and O–H groups in total. The summed E-state index contributed by atoms with van der Waals surface area (Å²) in [5.74, 6) is -0.0786. The number of alkyl halides is 3. The molecule has 0 fully saturated rings. The summed E-state index contributed by atoms with van der Waals surface area (Å²) in [6.07, 6.45) is -1.43. The van der Waals surface area contributed by atoms with E-state index in [1.165, 1.54) is 23.1 Å². The zero-order chi connectivity index (χ0) is 12.5. The molecule has 9 heteroatoms. The fourth-order valence-electron chi connectivity index (χ4n) is 1.05. The van der Waals surface area contributed by atoms with E-state index in [9.17, 15) is 13.2 Å². The van der Waals surface area contributed by atoms with Gasteiger partial charge in [-0.15, -0.1) is 11.3 Å². The Labute approximate surface area is 102 Å². The van der Waals surface area contributed by atoms with Gasteiger partial charge in [0.25, 0.3) is 0 Å². The van der Waals surface area contributed by atoms with Crippen LogP contribution in [-0.4, -0.2) is 34.0 Å². The van der Waals surface area contributed by atoms with Crippen molar-refractivity contribution in [1.82, 2.24) is 15.0 Å². The second kappa shape index (κ2) is 4.65. The first kappa shape index (κ1) is 12.4. The zero-order valence-corrected chi connectivity index (χ0v) is 10.1. The maximum absolute atomic E-state index is 12.0. The van der Waals surface area contributed by atoms with Crippen LogP contribution in [0.2, 0.25) is 0 Å². The van der Waals surface area contributed by atoms with Crippen LogP contribution in [0.3, 0.4) is 0 Å². The topological polar surface area (TPSA) is 47.9 Å². The smallest absolute Gasteiger partial charge is 0.422 e. The fourth-order valence-corrected chi connectivity index (χ4v) is 2.51. The molecule has 17 heavy (non-hydrogen) atoms. The lowest BCUT2D eigenvalue weighted by atomic mass is 10.6. The van der Waals surface area contributed by atoms with Crippen molar-refractivity contribution >= 4 is 33.4 Å². The predicted molar refractivity (Wildman–Crippen MR) is 58.5 cm³/mol. The lowest BCUT2D eigenvalue weighted by Crippen LogP contribution is -2.19. The van der Waals surface area contributed by atoms with Gasteiger partial charge in [0, 0.05) is 0 Å². The normalized spacial score (nSPS) is 12.0. The highest BCUT2D eigenvalue weighted by Crippen LogP contribution is 2.32. The van der Waals surface area contributed by atoms with Crippen LogP contribution in [0.5, 0.6) is 5.88 Å². The Balaban J connectivity index is 2.30. The number of nitrogens with zero attached hydrogens (tertiary/aromatic N) is 3. The number of ether oxygens (including phenoxy) is 1. The van der Waals surface area contributed by atoms with Gasteiger partial charge >= 0.3 is 6.18 Å². The third kappa shape index (κ3) is 2.97. The molecule has 0 saturated heterocycles. The molecule has 0 unspecified atom stereocenters. The molecule has 2 aromatic rings. The van der Waals surface area contributed by atoms with Gasteiger partial charge in [0.05, 0.1) is 0 Å². The largest absolute Gasteiger partial charge is 0.467 e. The Morgan fingerprint density at radius 1 is 1.41 bits per heavy atom. The van der Waals surface area contributed by atoms with Crippen molar-refractivity contribution in [3.8, 4) is 5.88 Å². The molecule has 2 aromatic heterocycles. The Kier molecular flexibility index (Phi) is 3.38. The van der Waals surface area contributed by atoms with E-state index in [4.69, 9.17) is 0 Å². The molecule has 0 bridgehead atoms. The van der Waals surface area contributed by atoms with E-state index in [0.717, 1.165) is 6.33 Å². The van der Waals surface area contributed by atoms with E-state index >= 15 is 0 Å². The minimum absolute atomic E-state index is 0.0786. The van der Waals surface area contributed by atoms with Crippen molar-refractivity contribution in [2.24, 2.45) is 0 Å². The van der Waals surface area contributed by atoms with Gasteiger partial charge in [0.1, 0.15) is 11.0 Å². The summed E-state index contributed by atoms with van der Waals surface area (Å²) in [5.41, 5.74) is 0.353. The van der Waals surface area contributed by atoms with E-state index in [2.05, 4.69) is 19.7 Å². The summed E-state index contributed by atoms with van der Waals surface area (Å²) in [5, 5.41) is 0. The molecule has 0 aliphatic heterocycles. The van der Waals surface area contributed by atoms with Crippen LogP contribution in [0.1, 0.15) is 0 Å². The third-order valence-corrected chi connectivity index (χ3v) is 3.70. The maximum Gasteiger partial charge on any atom is 0.422 e. The van der Waals surface area contributed by atoms with Crippen molar-refractivity contribution in [3.05, 3.63) is 6.33 Å². The number of thiazole rings is 1.